The molecule has 1 saturated heterocycles. The van der Waals surface area contributed by atoms with E-state index in [0.717, 1.165) is 48.4 Å². The van der Waals surface area contributed by atoms with Crippen molar-refractivity contribution < 1.29 is 4.74 Å². The fraction of sp³-hybridized carbons (Fsp3) is 0.294. The van der Waals surface area contributed by atoms with Crippen LogP contribution in [0.3, 0.4) is 0 Å². The van der Waals surface area contributed by atoms with Crippen molar-refractivity contribution in [2.75, 3.05) is 18.5 Å². The first-order valence-electron chi connectivity index (χ1n) is 7.62. The van der Waals surface area contributed by atoms with E-state index in [0.29, 0.717) is 6.04 Å². The van der Waals surface area contributed by atoms with Gasteiger partial charge in [0.25, 0.3) is 0 Å². The van der Waals surface area contributed by atoms with E-state index in [-0.39, 0.29) is 0 Å². The van der Waals surface area contributed by atoms with Crippen molar-refractivity contribution in [3.05, 3.63) is 42.9 Å². The average Bonchev–Trinajstić information content (AvgIpc) is 3.10. The van der Waals surface area contributed by atoms with Crippen LogP contribution in [0.5, 0.6) is 0 Å². The summed E-state index contributed by atoms with van der Waals surface area (Å²) >= 11 is 0. The van der Waals surface area contributed by atoms with Crippen molar-refractivity contribution >= 4 is 16.6 Å². The fourth-order valence-corrected chi connectivity index (χ4v) is 2.86. The van der Waals surface area contributed by atoms with Crippen LogP contribution in [0.4, 0.5) is 5.82 Å². The Hall–Kier alpha value is -2.40. The molecule has 0 amide bonds. The van der Waals surface area contributed by atoms with E-state index in [1.807, 2.05) is 18.6 Å². The third-order valence-electron chi connectivity index (χ3n) is 4.13. The monoisotopic (exact) mass is 294 g/mol. The molecule has 3 aromatic rings. The predicted molar refractivity (Wildman–Crippen MR) is 86.8 cm³/mol. The number of anilines is 1. The molecule has 0 atom stereocenters. The molecule has 1 aliphatic heterocycles. The van der Waals surface area contributed by atoms with Gasteiger partial charge in [0.2, 0.25) is 0 Å². The molecular weight excluding hydrogens is 276 g/mol. The van der Waals surface area contributed by atoms with E-state index in [4.69, 9.17) is 4.74 Å². The molecule has 0 aliphatic carbocycles. The van der Waals surface area contributed by atoms with Crippen LogP contribution >= 0.6 is 0 Å². The second-order valence-corrected chi connectivity index (χ2v) is 5.65. The Balaban J connectivity index is 1.63. The molecule has 0 saturated carbocycles. The molecule has 5 heteroatoms. The van der Waals surface area contributed by atoms with E-state index in [1.54, 1.807) is 0 Å². The first kappa shape index (κ1) is 13.3. The molecule has 0 unspecified atom stereocenters. The molecule has 112 valence electrons. The van der Waals surface area contributed by atoms with Crippen LogP contribution in [0.1, 0.15) is 12.8 Å². The number of benzene rings is 1. The zero-order valence-electron chi connectivity index (χ0n) is 12.2. The smallest absolute Gasteiger partial charge is 0.126 e. The number of hydrogen-bond donors (Lipinski definition) is 2. The van der Waals surface area contributed by atoms with Crippen molar-refractivity contribution in [2.45, 2.75) is 18.9 Å². The Morgan fingerprint density at radius 3 is 2.77 bits per heavy atom. The van der Waals surface area contributed by atoms with Gasteiger partial charge in [0, 0.05) is 42.6 Å². The second-order valence-electron chi connectivity index (χ2n) is 5.65. The van der Waals surface area contributed by atoms with Crippen molar-refractivity contribution in [3.63, 3.8) is 0 Å². The summed E-state index contributed by atoms with van der Waals surface area (Å²) in [5, 5.41) is 12.7. The minimum absolute atomic E-state index is 0.454. The number of nitrogens with one attached hydrogen (secondary N) is 2. The summed E-state index contributed by atoms with van der Waals surface area (Å²) < 4.78 is 5.40. The molecule has 0 radical (unpaired) electrons. The Bertz CT molecular complexity index is 763. The quantitative estimate of drug-likeness (QED) is 0.778. The third-order valence-corrected chi connectivity index (χ3v) is 4.13. The highest BCUT2D eigenvalue weighted by Gasteiger charge is 2.14. The number of aromatic nitrogens is 3. The van der Waals surface area contributed by atoms with Gasteiger partial charge in [-0.25, -0.2) is 4.98 Å². The Morgan fingerprint density at radius 1 is 1.05 bits per heavy atom. The van der Waals surface area contributed by atoms with E-state index in [2.05, 4.69) is 44.8 Å². The van der Waals surface area contributed by atoms with Crippen LogP contribution < -0.4 is 5.32 Å². The van der Waals surface area contributed by atoms with Crippen molar-refractivity contribution in [2.24, 2.45) is 0 Å². The van der Waals surface area contributed by atoms with Gasteiger partial charge in [0.1, 0.15) is 5.82 Å². The van der Waals surface area contributed by atoms with Gasteiger partial charge in [0.15, 0.2) is 0 Å². The van der Waals surface area contributed by atoms with E-state index in [9.17, 15) is 0 Å². The fourth-order valence-electron chi connectivity index (χ4n) is 2.86. The molecule has 0 spiro atoms. The SMILES string of the molecule is c1cc2cnc(NC3CCOCC3)cc2cc1-c1cn[nH]c1. The van der Waals surface area contributed by atoms with Crippen LogP contribution in [0.2, 0.25) is 0 Å². The molecule has 1 fully saturated rings. The Kier molecular flexibility index (Phi) is 3.48. The number of fused-ring (bicyclic) bond motifs is 1. The normalized spacial score (nSPS) is 16.0. The summed E-state index contributed by atoms with van der Waals surface area (Å²) in [4.78, 5) is 4.52. The molecule has 2 N–H and O–H groups in total. The highest BCUT2D eigenvalue weighted by atomic mass is 16.5. The zero-order chi connectivity index (χ0) is 14.8. The summed E-state index contributed by atoms with van der Waals surface area (Å²) in [5.74, 6) is 0.934. The van der Waals surface area contributed by atoms with Gasteiger partial charge in [-0.05, 0) is 35.9 Å². The van der Waals surface area contributed by atoms with Gasteiger partial charge in [0.05, 0.1) is 6.20 Å². The van der Waals surface area contributed by atoms with Crippen LogP contribution in [0.15, 0.2) is 42.9 Å². The van der Waals surface area contributed by atoms with Crippen LogP contribution in [-0.4, -0.2) is 34.4 Å². The summed E-state index contributed by atoms with van der Waals surface area (Å²) in [6.07, 6.45) is 7.74. The highest BCUT2D eigenvalue weighted by Crippen LogP contribution is 2.25. The van der Waals surface area contributed by atoms with Crippen molar-refractivity contribution in [1.82, 2.24) is 15.2 Å². The number of rotatable bonds is 3. The first-order valence-corrected chi connectivity index (χ1v) is 7.62. The average molecular weight is 294 g/mol. The molecule has 2 aromatic heterocycles. The summed E-state index contributed by atoms with van der Waals surface area (Å²) in [5.41, 5.74) is 2.25. The number of aromatic amines is 1. The van der Waals surface area contributed by atoms with Crippen LogP contribution in [0.25, 0.3) is 21.9 Å². The highest BCUT2D eigenvalue weighted by molar-refractivity contribution is 5.88. The van der Waals surface area contributed by atoms with Crippen LogP contribution in [-0.2, 0) is 4.74 Å². The van der Waals surface area contributed by atoms with E-state index in [1.165, 1.54) is 5.39 Å². The molecular formula is C17H18N4O. The lowest BCUT2D eigenvalue weighted by molar-refractivity contribution is 0.0904. The largest absolute Gasteiger partial charge is 0.381 e. The maximum absolute atomic E-state index is 5.40. The lowest BCUT2D eigenvalue weighted by Crippen LogP contribution is -2.28. The molecule has 0 bridgehead atoms. The summed E-state index contributed by atoms with van der Waals surface area (Å²) in [6, 6.07) is 8.95. The van der Waals surface area contributed by atoms with Gasteiger partial charge < -0.3 is 10.1 Å². The number of H-pyrrole nitrogens is 1. The maximum atomic E-state index is 5.40. The molecule has 22 heavy (non-hydrogen) atoms. The van der Waals surface area contributed by atoms with Crippen LogP contribution in [0, 0.1) is 0 Å². The van der Waals surface area contributed by atoms with Crippen molar-refractivity contribution in [1.29, 1.82) is 0 Å². The third kappa shape index (κ3) is 2.67. The maximum Gasteiger partial charge on any atom is 0.126 e. The summed E-state index contributed by atoms with van der Waals surface area (Å²) in [6.45, 7) is 1.66. The number of hydrogen-bond acceptors (Lipinski definition) is 4. The van der Waals surface area contributed by atoms with E-state index < -0.39 is 0 Å². The molecule has 3 heterocycles. The number of ether oxygens (including phenoxy) is 1. The Labute approximate surface area is 128 Å². The van der Waals surface area contributed by atoms with E-state index >= 15 is 0 Å². The van der Waals surface area contributed by atoms with Gasteiger partial charge in [-0.15, -0.1) is 0 Å². The van der Waals surface area contributed by atoms with Gasteiger partial charge in [-0.1, -0.05) is 12.1 Å². The summed E-state index contributed by atoms with van der Waals surface area (Å²) in [7, 11) is 0. The minimum Gasteiger partial charge on any atom is -0.381 e. The van der Waals surface area contributed by atoms with Gasteiger partial charge in [-0.3, -0.25) is 5.10 Å². The Morgan fingerprint density at radius 2 is 1.95 bits per heavy atom. The molecule has 4 rings (SSSR count). The lowest BCUT2D eigenvalue weighted by Gasteiger charge is -2.23. The van der Waals surface area contributed by atoms with Gasteiger partial charge >= 0.3 is 0 Å². The minimum atomic E-state index is 0.454. The zero-order valence-corrected chi connectivity index (χ0v) is 12.2. The second kappa shape index (κ2) is 5.77. The topological polar surface area (TPSA) is 62.8 Å². The number of pyridine rings is 1. The molecule has 5 nitrogen and oxygen atoms in total. The number of nitrogens with zero attached hydrogens (tertiary/aromatic N) is 2. The first-order chi connectivity index (χ1) is 10.9. The molecule has 1 aliphatic rings. The van der Waals surface area contributed by atoms with Gasteiger partial charge in [-0.2, -0.15) is 5.10 Å². The predicted octanol–water partition coefficient (Wildman–Crippen LogP) is 3.22. The molecule has 1 aromatic carbocycles. The standard InChI is InChI=1S/C17H18N4O/c1-2-13-9-18-17(21-16-3-5-22-6-4-16)8-14(13)7-12(1)15-10-19-20-11-15/h1-2,7-11,16H,3-6H2,(H,18,21)(H,19,20). The van der Waals surface area contributed by atoms with Crippen molar-refractivity contribution in [3.8, 4) is 11.1 Å². The lowest BCUT2D eigenvalue weighted by atomic mass is 10.0.